The zero-order valence-electron chi connectivity index (χ0n) is 27.6. The van der Waals surface area contributed by atoms with Gasteiger partial charge in [0.1, 0.15) is 53.4 Å². The molecule has 0 aliphatic rings. The fraction of sp³-hybridized carbons (Fsp3) is 0.294. The van der Waals surface area contributed by atoms with Gasteiger partial charge in [-0.3, -0.25) is 9.59 Å². The average Bonchev–Trinajstić information content (AvgIpc) is 3.58. The third kappa shape index (κ3) is 10.2. The van der Waals surface area contributed by atoms with Gasteiger partial charge in [-0.1, -0.05) is 54.0 Å². The number of pyridine rings is 1. The summed E-state index contributed by atoms with van der Waals surface area (Å²) in [6.07, 6.45) is 1.59. The number of aromatic nitrogens is 2. The Balaban J connectivity index is 1.45. The van der Waals surface area contributed by atoms with E-state index in [1.165, 1.54) is 30.0 Å². The predicted octanol–water partition coefficient (Wildman–Crippen LogP) is 5.20. The van der Waals surface area contributed by atoms with Gasteiger partial charge in [-0.15, -0.1) is 11.3 Å². The number of ether oxygens (including phenoxy) is 1. The standard InChI is InChI=1S/C34H35ClN8O4S2/c1-20(34(45)46)41-31(44)28(4-2-3-13-36)40-14-15-47-25-11-7-21(8-12-25)29-26(16-37)30(39)43-33(27(29)17-38)49-19-24-18-48-32(42-24)22-5-9-23(35)10-6-22/h5-12,18,20,28,40H,2-4,13-15,19,36H2,1H3,(H2,39,43)(H,41,44)(H,45,46)/t20-,28-/m0/s1/i/hD. The van der Waals surface area contributed by atoms with Crippen molar-refractivity contribution in [1.82, 2.24) is 20.6 Å². The first-order chi connectivity index (χ1) is 24.1. The van der Waals surface area contributed by atoms with Crippen LogP contribution >= 0.6 is 34.7 Å². The van der Waals surface area contributed by atoms with Crippen LogP contribution in [0.4, 0.5) is 5.82 Å². The molecule has 0 radical (unpaired) electrons. The van der Waals surface area contributed by atoms with Crippen molar-refractivity contribution in [2.75, 3.05) is 25.4 Å². The summed E-state index contributed by atoms with van der Waals surface area (Å²) in [5.74, 6) is -0.844. The summed E-state index contributed by atoms with van der Waals surface area (Å²) in [5, 5.41) is 36.6. The highest BCUT2D eigenvalue weighted by atomic mass is 35.5. The second-order valence-electron chi connectivity index (χ2n) is 10.7. The minimum atomic E-state index is -1.17. The van der Waals surface area contributed by atoms with Crippen LogP contribution in [0.1, 0.15) is 43.0 Å². The molecule has 0 unspecified atom stereocenters. The Bertz CT molecular complexity index is 1880. The first kappa shape index (κ1) is 35.6. The number of anilines is 1. The molecular formula is C34H35ClN8O4S2. The number of halogens is 1. The molecule has 15 heteroatoms. The largest absolute Gasteiger partial charge is 0.492 e. The van der Waals surface area contributed by atoms with E-state index in [0.717, 1.165) is 21.6 Å². The normalized spacial score (nSPS) is 12.4. The van der Waals surface area contributed by atoms with Crippen molar-refractivity contribution in [2.45, 2.75) is 49.0 Å². The lowest BCUT2D eigenvalue weighted by molar-refractivity contribution is -0.141. The maximum atomic E-state index is 12.8. The van der Waals surface area contributed by atoms with E-state index in [0.29, 0.717) is 58.5 Å². The number of carbonyl (C=O) groups excluding carboxylic acids is 1. The van der Waals surface area contributed by atoms with E-state index in [4.69, 9.17) is 39.3 Å². The number of nitrogen functional groups attached to an aromatic ring is 1. The minimum absolute atomic E-state index is 0.00259. The first-order valence-corrected chi connectivity index (χ1v) is 17.5. The van der Waals surface area contributed by atoms with Gasteiger partial charge in [0.15, 0.2) is 0 Å². The van der Waals surface area contributed by atoms with Crippen LogP contribution in [0.15, 0.2) is 58.9 Å². The SMILES string of the molecule is [2H]N(CCOc1ccc(-c2c(C#N)c(N)nc(SCc3csc(-c4ccc(Cl)cc4)n3)c2C#N)cc1)[C@@H](CCCCN)C(=O)N[C@@H](C)C(=O)O. The zero-order valence-corrected chi connectivity index (χ0v) is 28.9. The molecule has 7 N–H and O–H groups in total. The van der Waals surface area contributed by atoms with Crippen molar-refractivity contribution in [3.05, 3.63) is 75.8 Å². The average molecular weight is 720 g/mol. The number of thiazole rings is 1. The Morgan fingerprint density at radius 2 is 1.80 bits per heavy atom. The highest BCUT2D eigenvalue weighted by Gasteiger charge is 2.23. The number of aliphatic carboxylic acids is 1. The van der Waals surface area contributed by atoms with Crippen LogP contribution in [0.25, 0.3) is 21.7 Å². The van der Waals surface area contributed by atoms with E-state index >= 15 is 0 Å². The van der Waals surface area contributed by atoms with Gasteiger partial charge in [-0.05, 0) is 56.1 Å². The predicted molar refractivity (Wildman–Crippen MR) is 191 cm³/mol. The Morgan fingerprint density at radius 1 is 1.10 bits per heavy atom. The number of amides is 1. The van der Waals surface area contributed by atoms with Crippen molar-refractivity contribution in [3.8, 4) is 39.6 Å². The molecule has 2 aromatic carbocycles. The van der Waals surface area contributed by atoms with Crippen molar-refractivity contribution in [3.63, 3.8) is 0 Å². The summed E-state index contributed by atoms with van der Waals surface area (Å²) < 4.78 is 14.3. The van der Waals surface area contributed by atoms with E-state index in [2.05, 4.69) is 22.4 Å². The van der Waals surface area contributed by atoms with Crippen molar-refractivity contribution in [2.24, 2.45) is 5.73 Å². The summed E-state index contributed by atoms with van der Waals surface area (Å²) in [6.45, 7) is 1.92. The number of carboxylic acids is 1. The highest BCUT2D eigenvalue weighted by molar-refractivity contribution is 7.98. The number of nitrogens with one attached hydrogen (secondary N) is 2. The smallest absolute Gasteiger partial charge is 0.325 e. The highest BCUT2D eigenvalue weighted by Crippen LogP contribution is 2.37. The lowest BCUT2D eigenvalue weighted by atomic mass is 9.97. The van der Waals surface area contributed by atoms with Crippen LogP contribution in [0.3, 0.4) is 0 Å². The lowest BCUT2D eigenvalue weighted by Crippen LogP contribution is -2.50. The number of thioether (sulfide) groups is 1. The maximum Gasteiger partial charge on any atom is 0.325 e. The number of nitrogens with two attached hydrogens (primary N) is 2. The summed E-state index contributed by atoms with van der Waals surface area (Å²) in [5.41, 5.74) is 14.7. The Kier molecular flexibility index (Phi) is 13.2. The van der Waals surface area contributed by atoms with Crippen LogP contribution in [-0.2, 0) is 15.3 Å². The van der Waals surface area contributed by atoms with Crippen LogP contribution < -0.4 is 26.8 Å². The van der Waals surface area contributed by atoms with E-state index < -0.39 is 24.0 Å². The Labute approximate surface area is 298 Å². The van der Waals surface area contributed by atoms with Crippen LogP contribution in [0.5, 0.6) is 5.75 Å². The van der Waals surface area contributed by atoms with Gasteiger partial charge >= 0.3 is 5.97 Å². The van der Waals surface area contributed by atoms with Crippen LogP contribution in [0.2, 0.25) is 6.43 Å². The van der Waals surface area contributed by atoms with Gasteiger partial charge in [-0.2, -0.15) is 10.5 Å². The monoisotopic (exact) mass is 719 g/mol. The molecule has 49 heavy (non-hydrogen) atoms. The molecule has 4 aromatic rings. The molecule has 0 saturated carbocycles. The maximum absolute atomic E-state index is 12.8. The number of nitriles is 2. The third-order valence-electron chi connectivity index (χ3n) is 7.23. The first-order valence-electron chi connectivity index (χ1n) is 15.7. The molecular weight excluding hydrogens is 684 g/mol. The Morgan fingerprint density at radius 3 is 2.45 bits per heavy atom. The van der Waals surface area contributed by atoms with Gasteiger partial charge in [0.05, 0.1) is 17.3 Å². The van der Waals surface area contributed by atoms with Gasteiger partial charge in [0, 0.05) is 33.8 Å². The number of carbonyl (C=O) groups is 2. The van der Waals surface area contributed by atoms with Gasteiger partial charge in [0.2, 0.25) is 5.91 Å². The third-order valence-corrected chi connectivity index (χ3v) is 9.43. The fourth-order valence-corrected chi connectivity index (χ4v) is 6.63. The van der Waals surface area contributed by atoms with E-state index in [1.807, 2.05) is 17.5 Å². The molecule has 0 saturated heterocycles. The molecule has 2 heterocycles. The summed E-state index contributed by atoms with van der Waals surface area (Å²) >= 11 is 8.80. The van der Waals surface area contributed by atoms with E-state index in [-0.39, 0.29) is 30.1 Å². The number of benzene rings is 2. The van der Waals surface area contributed by atoms with E-state index in [1.54, 1.807) is 36.4 Å². The molecule has 254 valence electrons. The van der Waals surface area contributed by atoms with E-state index in [9.17, 15) is 20.1 Å². The number of nitrogens with zero attached hydrogens (tertiary/aromatic N) is 4. The molecule has 2 atom stereocenters. The molecule has 0 fully saturated rings. The molecule has 4 rings (SSSR count). The van der Waals surface area contributed by atoms with Crippen molar-refractivity contribution < 1.29 is 20.8 Å². The molecule has 0 spiro atoms. The summed E-state index contributed by atoms with van der Waals surface area (Å²) in [7, 11) is 0. The van der Waals surface area contributed by atoms with Crippen LogP contribution in [0, 0.1) is 22.7 Å². The van der Waals surface area contributed by atoms with Crippen molar-refractivity contribution in [1.29, 1.82) is 10.5 Å². The zero-order chi connectivity index (χ0) is 36.2. The van der Waals surface area contributed by atoms with Crippen molar-refractivity contribution >= 4 is 52.4 Å². The molecule has 2 aromatic heterocycles. The summed E-state index contributed by atoms with van der Waals surface area (Å²) in [6, 6.07) is 16.5. The number of unbranched alkanes of at least 4 members (excludes halogenated alkanes) is 1. The molecule has 12 nitrogen and oxygen atoms in total. The van der Waals surface area contributed by atoms with Gasteiger partial charge < -0.3 is 31.9 Å². The number of carboxylic acid groups (broad SMARTS) is 1. The quantitative estimate of drug-likeness (QED) is 0.0704. The van der Waals surface area contributed by atoms with Crippen LogP contribution in [-0.4, -0.2) is 58.7 Å². The second-order valence-corrected chi connectivity index (χ2v) is 13.0. The molecule has 0 aliphatic carbocycles. The summed E-state index contributed by atoms with van der Waals surface area (Å²) in [4.78, 5) is 33.0. The molecule has 0 aliphatic heterocycles. The van der Waals surface area contributed by atoms with Gasteiger partial charge in [0.25, 0.3) is 0 Å². The second kappa shape index (κ2) is 18.2. The number of rotatable bonds is 17. The number of hydrogen-bond acceptors (Lipinski definition) is 12. The topological polar surface area (TPSA) is 213 Å². The minimum Gasteiger partial charge on any atom is -0.492 e. The molecule has 1 amide bonds. The van der Waals surface area contributed by atoms with Gasteiger partial charge in [-0.25, -0.2) is 9.97 Å². The lowest BCUT2D eigenvalue weighted by Gasteiger charge is -2.20. The Hall–Kier alpha value is -4.70. The fourth-order valence-electron chi connectivity index (χ4n) is 4.68. The number of hydrogen-bond donors (Lipinski definition) is 5. The molecule has 0 bridgehead atoms.